The molecule has 27 heavy (non-hydrogen) atoms. The number of nitrogens with one attached hydrogen (secondary N) is 2. The predicted octanol–water partition coefficient (Wildman–Crippen LogP) is 4.39. The van der Waals surface area contributed by atoms with Crippen LogP contribution in [-0.2, 0) is 4.79 Å². The van der Waals surface area contributed by atoms with Crippen LogP contribution in [0.5, 0.6) is 5.75 Å². The number of amides is 1. The van der Waals surface area contributed by atoms with E-state index < -0.39 is 11.1 Å². The molecule has 3 rings (SSSR count). The van der Waals surface area contributed by atoms with Gasteiger partial charge in [0, 0.05) is 5.69 Å². The summed E-state index contributed by atoms with van der Waals surface area (Å²) in [6.07, 6.45) is 0. The van der Waals surface area contributed by atoms with Gasteiger partial charge >= 0.3 is 0 Å². The van der Waals surface area contributed by atoms with Crippen molar-refractivity contribution in [1.82, 2.24) is 15.2 Å². The first kappa shape index (κ1) is 19.2. The fourth-order valence-electron chi connectivity index (χ4n) is 2.27. The summed E-state index contributed by atoms with van der Waals surface area (Å²) in [6, 6.07) is 11.2. The molecule has 0 spiro atoms. The fourth-order valence-corrected chi connectivity index (χ4v) is 3.25. The van der Waals surface area contributed by atoms with E-state index in [4.69, 9.17) is 16.3 Å². The number of anilines is 1. The van der Waals surface area contributed by atoms with E-state index in [0.29, 0.717) is 33.0 Å². The maximum absolute atomic E-state index is 13.8. The van der Waals surface area contributed by atoms with E-state index in [1.54, 1.807) is 43.3 Å². The molecule has 0 saturated heterocycles. The summed E-state index contributed by atoms with van der Waals surface area (Å²) in [5.41, 5.74) is 0.877. The van der Waals surface area contributed by atoms with Crippen LogP contribution in [-0.4, -0.2) is 33.4 Å². The van der Waals surface area contributed by atoms with E-state index in [-0.39, 0.29) is 5.91 Å². The van der Waals surface area contributed by atoms with Crippen molar-refractivity contribution in [1.29, 1.82) is 0 Å². The van der Waals surface area contributed by atoms with Gasteiger partial charge in [0.15, 0.2) is 5.82 Å². The number of methoxy groups -OCH3 is 1. The molecule has 3 aromatic rings. The highest BCUT2D eigenvalue weighted by molar-refractivity contribution is 8.00. The number of hydrogen-bond donors (Lipinski definition) is 2. The number of ether oxygens (including phenoxy) is 1. The van der Waals surface area contributed by atoms with Crippen LogP contribution in [0.3, 0.4) is 0 Å². The monoisotopic (exact) mass is 406 g/mol. The van der Waals surface area contributed by atoms with Crippen molar-refractivity contribution in [2.75, 3.05) is 12.4 Å². The van der Waals surface area contributed by atoms with Crippen LogP contribution >= 0.6 is 23.4 Å². The smallest absolute Gasteiger partial charge is 0.237 e. The Morgan fingerprint density at radius 2 is 2.11 bits per heavy atom. The number of aromatic nitrogens is 3. The Morgan fingerprint density at radius 1 is 1.33 bits per heavy atom. The maximum atomic E-state index is 13.8. The molecule has 6 nitrogen and oxygen atoms in total. The van der Waals surface area contributed by atoms with E-state index >= 15 is 0 Å². The Morgan fingerprint density at radius 3 is 2.81 bits per heavy atom. The molecule has 2 aromatic carbocycles. The van der Waals surface area contributed by atoms with Gasteiger partial charge in [-0.3, -0.25) is 9.89 Å². The minimum atomic E-state index is -0.477. The zero-order valence-electron chi connectivity index (χ0n) is 14.5. The Kier molecular flexibility index (Phi) is 5.98. The molecule has 1 amide bonds. The Bertz CT molecular complexity index is 966. The van der Waals surface area contributed by atoms with Gasteiger partial charge in [0.25, 0.3) is 0 Å². The number of H-pyrrole nitrogens is 1. The van der Waals surface area contributed by atoms with Crippen molar-refractivity contribution >= 4 is 35.0 Å². The minimum Gasteiger partial charge on any atom is -0.495 e. The number of halogens is 2. The van der Waals surface area contributed by atoms with Gasteiger partial charge in [0.2, 0.25) is 11.1 Å². The van der Waals surface area contributed by atoms with E-state index in [0.717, 1.165) is 11.8 Å². The average Bonchev–Trinajstić information content (AvgIpc) is 3.10. The number of hydrogen-bond acceptors (Lipinski definition) is 5. The third kappa shape index (κ3) is 4.58. The molecule has 140 valence electrons. The molecule has 1 aromatic heterocycles. The molecule has 2 N–H and O–H groups in total. The summed E-state index contributed by atoms with van der Waals surface area (Å²) in [6.45, 7) is 1.73. The Balaban J connectivity index is 1.65. The van der Waals surface area contributed by atoms with Crippen LogP contribution in [0.4, 0.5) is 10.1 Å². The summed E-state index contributed by atoms with van der Waals surface area (Å²) in [5, 5.41) is 9.79. The second-order valence-electron chi connectivity index (χ2n) is 5.55. The lowest BCUT2D eigenvalue weighted by molar-refractivity contribution is -0.115. The predicted molar refractivity (Wildman–Crippen MR) is 104 cm³/mol. The summed E-state index contributed by atoms with van der Waals surface area (Å²) in [4.78, 5) is 16.6. The highest BCUT2D eigenvalue weighted by Gasteiger charge is 2.18. The van der Waals surface area contributed by atoms with Gasteiger partial charge in [-0.05, 0) is 37.3 Å². The first-order valence-electron chi connectivity index (χ1n) is 7.96. The molecule has 0 aliphatic heterocycles. The van der Waals surface area contributed by atoms with Gasteiger partial charge in [0.1, 0.15) is 11.6 Å². The zero-order chi connectivity index (χ0) is 19.4. The van der Waals surface area contributed by atoms with Gasteiger partial charge in [0.05, 0.1) is 22.9 Å². The summed E-state index contributed by atoms with van der Waals surface area (Å²) < 4.78 is 18.9. The van der Waals surface area contributed by atoms with Gasteiger partial charge in [-0.25, -0.2) is 9.37 Å². The summed E-state index contributed by atoms with van der Waals surface area (Å²) >= 11 is 7.22. The van der Waals surface area contributed by atoms with E-state index in [1.165, 1.54) is 13.2 Å². The maximum Gasteiger partial charge on any atom is 0.237 e. The first-order chi connectivity index (χ1) is 13.0. The lowest BCUT2D eigenvalue weighted by Crippen LogP contribution is -2.22. The standard InChI is InChI=1S/C18H16ClFN4O2S/c1-10(17(25)21-11-7-8-15(26-2)13(19)9-11)27-18-22-16(23-24-18)12-5-3-4-6-14(12)20/h3-10H,1-2H3,(H,21,25)(H,22,23,24)/t10-/m1/s1. The first-order valence-corrected chi connectivity index (χ1v) is 9.22. The van der Waals surface area contributed by atoms with Crippen LogP contribution in [0.1, 0.15) is 6.92 Å². The molecule has 0 radical (unpaired) electrons. The number of aromatic amines is 1. The fraction of sp³-hybridized carbons (Fsp3) is 0.167. The normalized spacial score (nSPS) is 11.9. The van der Waals surface area contributed by atoms with Crippen molar-refractivity contribution in [2.24, 2.45) is 0 Å². The zero-order valence-corrected chi connectivity index (χ0v) is 16.1. The largest absolute Gasteiger partial charge is 0.495 e. The molecular weight excluding hydrogens is 391 g/mol. The van der Waals surface area contributed by atoms with Gasteiger partial charge in [-0.15, -0.1) is 5.10 Å². The molecule has 0 aliphatic carbocycles. The molecule has 0 fully saturated rings. The van der Waals surface area contributed by atoms with Crippen molar-refractivity contribution in [2.45, 2.75) is 17.3 Å². The van der Waals surface area contributed by atoms with Crippen LogP contribution in [0.15, 0.2) is 47.6 Å². The van der Waals surface area contributed by atoms with Gasteiger partial charge < -0.3 is 10.1 Å². The molecule has 9 heteroatoms. The summed E-state index contributed by atoms with van der Waals surface area (Å²) in [7, 11) is 1.52. The molecule has 1 heterocycles. The van der Waals surface area contributed by atoms with Crippen LogP contribution in [0, 0.1) is 5.82 Å². The van der Waals surface area contributed by atoms with Gasteiger partial charge in [-0.2, -0.15) is 0 Å². The second-order valence-corrected chi connectivity index (χ2v) is 7.26. The van der Waals surface area contributed by atoms with Crippen LogP contribution in [0.25, 0.3) is 11.4 Å². The van der Waals surface area contributed by atoms with Crippen molar-refractivity contribution < 1.29 is 13.9 Å². The molecule has 1 atom stereocenters. The topological polar surface area (TPSA) is 79.9 Å². The number of thioether (sulfide) groups is 1. The van der Waals surface area contributed by atoms with E-state index in [9.17, 15) is 9.18 Å². The van der Waals surface area contributed by atoms with Gasteiger partial charge in [-0.1, -0.05) is 35.5 Å². The molecular formula is C18H16ClFN4O2S. The number of rotatable bonds is 6. The number of carbonyl (C=O) groups is 1. The average molecular weight is 407 g/mol. The third-order valence-corrected chi connectivity index (χ3v) is 4.92. The molecule has 0 bridgehead atoms. The second kappa shape index (κ2) is 8.41. The highest BCUT2D eigenvalue weighted by Crippen LogP contribution is 2.28. The lowest BCUT2D eigenvalue weighted by Gasteiger charge is -2.11. The molecule has 0 aliphatic rings. The SMILES string of the molecule is COc1ccc(NC(=O)[C@@H](C)Sc2n[nH]c(-c3ccccc3F)n2)cc1Cl. The number of benzene rings is 2. The van der Waals surface area contributed by atoms with E-state index in [2.05, 4.69) is 20.5 Å². The van der Waals surface area contributed by atoms with Crippen molar-refractivity contribution in [3.63, 3.8) is 0 Å². The molecule has 0 unspecified atom stereocenters. The number of carbonyl (C=O) groups excluding carboxylic acids is 1. The molecule has 0 saturated carbocycles. The van der Waals surface area contributed by atoms with Crippen molar-refractivity contribution in [3.8, 4) is 17.1 Å². The van der Waals surface area contributed by atoms with E-state index in [1.807, 2.05) is 0 Å². The summed E-state index contributed by atoms with van der Waals surface area (Å²) in [5.74, 6) is 0.203. The van der Waals surface area contributed by atoms with Crippen LogP contribution < -0.4 is 10.1 Å². The lowest BCUT2D eigenvalue weighted by atomic mass is 10.2. The number of nitrogens with zero attached hydrogens (tertiary/aromatic N) is 2. The Hall–Kier alpha value is -2.58. The highest BCUT2D eigenvalue weighted by atomic mass is 35.5. The van der Waals surface area contributed by atoms with Crippen molar-refractivity contribution in [3.05, 3.63) is 53.3 Å². The van der Waals surface area contributed by atoms with Crippen LogP contribution in [0.2, 0.25) is 5.02 Å². The Labute approximate surface area is 164 Å². The quantitative estimate of drug-likeness (QED) is 0.593. The minimum absolute atomic E-state index is 0.238. The third-order valence-electron chi connectivity index (χ3n) is 3.66.